The number of rotatable bonds is 16. The Kier molecular flexibility index (Phi) is 13.8. The van der Waals surface area contributed by atoms with Gasteiger partial charge < -0.3 is 59.1 Å². The maximum atomic E-state index is 12.9. The third-order valence-electron chi connectivity index (χ3n) is 9.51. The average Bonchev–Trinajstić information content (AvgIpc) is 3.76. The summed E-state index contributed by atoms with van der Waals surface area (Å²) in [6.45, 7) is 6.45. The first-order valence-electron chi connectivity index (χ1n) is 16.6. The zero-order valence-corrected chi connectivity index (χ0v) is 28.3. The number of ether oxygens (including phenoxy) is 6. The number of carbonyl (C=O) groups excluding carboxylic acids is 2. The fraction of sp³-hybridized carbons (Fsp3) is 0.657. The topological polar surface area (TPSA) is 214 Å². The van der Waals surface area contributed by atoms with Gasteiger partial charge in [0.1, 0.15) is 49.3 Å². The normalized spacial score (nSPS) is 36.1. The van der Waals surface area contributed by atoms with E-state index >= 15 is 0 Å². The summed E-state index contributed by atoms with van der Waals surface area (Å²) in [6.07, 6.45) is 2.43. The molecule has 0 aromatic carbocycles. The van der Waals surface area contributed by atoms with E-state index in [0.717, 1.165) is 17.6 Å². The Hall–Kier alpha value is -2.92. The van der Waals surface area contributed by atoms with Crippen LogP contribution in [-0.4, -0.2) is 124 Å². The molecule has 4 rings (SSSR count). The summed E-state index contributed by atoms with van der Waals surface area (Å²) >= 11 is 0. The van der Waals surface area contributed by atoms with Crippen LogP contribution in [0.2, 0.25) is 0 Å². The second kappa shape index (κ2) is 17.3. The van der Waals surface area contributed by atoms with Gasteiger partial charge in [-0.1, -0.05) is 29.4 Å². The van der Waals surface area contributed by atoms with Crippen molar-refractivity contribution >= 4 is 11.9 Å². The second-order valence-corrected chi connectivity index (χ2v) is 13.1. The third-order valence-corrected chi connectivity index (χ3v) is 9.51. The van der Waals surface area contributed by atoms with Gasteiger partial charge in [-0.2, -0.15) is 0 Å². The van der Waals surface area contributed by atoms with E-state index in [0.29, 0.717) is 30.4 Å². The van der Waals surface area contributed by atoms with Crippen molar-refractivity contribution in [3.05, 3.63) is 58.9 Å². The van der Waals surface area contributed by atoms with Crippen molar-refractivity contribution in [3.8, 4) is 0 Å². The predicted molar refractivity (Wildman–Crippen MR) is 172 cm³/mol. The lowest BCUT2D eigenvalue weighted by Gasteiger charge is -2.43. The van der Waals surface area contributed by atoms with E-state index < -0.39 is 85.2 Å². The van der Waals surface area contributed by atoms with Crippen molar-refractivity contribution in [1.29, 1.82) is 0 Å². The molecule has 3 fully saturated rings. The number of epoxide rings is 1. The number of aliphatic hydroxyl groups excluding tert-OH is 6. The van der Waals surface area contributed by atoms with Gasteiger partial charge in [-0.25, -0.2) is 9.59 Å². The van der Waals surface area contributed by atoms with Gasteiger partial charge in [0.15, 0.2) is 6.29 Å². The van der Waals surface area contributed by atoms with Crippen LogP contribution in [0.3, 0.4) is 0 Å². The molecule has 0 radical (unpaired) electrons. The zero-order chi connectivity index (χ0) is 35.9. The highest BCUT2D eigenvalue weighted by molar-refractivity contribution is 5.88. The Balaban J connectivity index is 1.25. The molecule has 14 nitrogen and oxygen atoms in total. The van der Waals surface area contributed by atoms with Crippen molar-refractivity contribution < 1.29 is 68.6 Å². The minimum atomic E-state index is -1.66. The quantitative estimate of drug-likeness (QED) is 0.0572. The number of esters is 2. The SMILES string of the molecule is CC(=CCO)CCC=C(C)C(=O)OCC=C(C)CCC=C(C)C(=O)OCC12OC1C(O)C1C=COC(OC3OC(CO)C(O)C(O)C3O)C12. The van der Waals surface area contributed by atoms with E-state index in [-0.39, 0.29) is 19.8 Å². The van der Waals surface area contributed by atoms with E-state index in [2.05, 4.69) is 0 Å². The fourth-order valence-corrected chi connectivity index (χ4v) is 6.38. The van der Waals surface area contributed by atoms with Gasteiger partial charge in [0.05, 0.1) is 31.5 Å². The molecule has 274 valence electrons. The lowest BCUT2D eigenvalue weighted by molar-refractivity contribution is -0.344. The van der Waals surface area contributed by atoms with Crippen LogP contribution >= 0.6 is 0 Å². The molecule has 0 aromatic heterocycles. The number of aliphatic hydroxyl groups is 6. The maximum Gasteiger partial charge on any atom is 0.333 e. The van der Waals surface area contributed by atoms with E-state index in [1.165, 1.54) is 6.26 Å². The molecule has 49 heavy (non-hydrogen) atoms. The van der Waals surface area contributed by atoms with Crippen LogP contribution in [0.1, 0.15) is 53.4 Å². The number of allylic oxidation sites excluding steroid dienone is 4. The molecule has 0 spiro atoms. The van der Waals surface area contributed by atoms with Gasteiger partial charge in [0.2, 0.25) is 6.29 Å². The monoisotopic (exact) mass is 694 g/mol. The Bertz CT molecular complexity index is 1320. The van der Waals surface area contributed by atoms with Gasteiger partial charge in [-0.3, -0.25) is 0 Å². The first-order valence-corrected chi connectivity index (χ1v) is 16.6. The number of hydrogen-bond acceptors (Lipinski definition) is 14. The van der Waals surface area contributed by atoms with Crippen LogP contribution in [0, 0.1) is 11.8 Å². The molecule has 1 saturated carbocycles. The number of carbonyl (C=O) groups is 2. The van der Waals surface area contributed by atoms with Crippen LogP contribution in [0.5, 0.6) is 0 Å². The predicted octanol–water partition coefficient (Wildman–Crippen LogP) is 0.842. The molecule has 0 amide bonds. The maximum absolute atomic E-state index is 12.9. The Morgan fingerprint density at radius 1 is 0.796 bits per heavy atom. The molecule has 6 N–H and O–H groups in total. The van der Waals surface area contributed by atoms with Crippen LogP contribution in [0.4, 0.5) is 0 Å². The van der Waals surface area contributed by atoms with Crippen LogP contribution in [-0.2, 0) is 38.0 Å². The van der Waals surface area contributed by atoms with Gasteiger partial charge in [-0.05, 0) is 65.5 Å². The minimum absolute atomic E-state index is 0.00288. The summed E-state index contributed by atoms with van der Waals surface area (Å²) in [7, 11) is 0. The standard InChI is InChI=1S/C35H50O14/c1-19(11-14-36)7-5-9-21(3)31(42)44-15-12-20(2)8-6-10-22(4)32(43)46-18-35-25-23(26(38)30(35)49-35)13-16-45-33(25)48-34-29(41)28(40)27(39)24(17-37)47-34/h9-13,16,23-30,33-34,36-41H,5-8,14-15,17-18H2,1-4H3. The lowest BCUT2D eigenvalue weighted by atomic mass is 9.85. The summed E-state index contributed by atoms with van der Waals surface area (Å²) in [6, 6.07) is 0. The molecule has 3 heterocycles. The summed E-state index contributed by atoms with van der Waals surface area (Å²) in [5.41, 5.74) is 1.79. The molecule has 0 aromatic rings. The summed E-state index contributed by atoms with van der Waals surface area (Å²) in [4.78, 5) is 25.1. The Morgan fingerprint density at radius 2 is 1.43 bits per heavy atom. The second-order valence-electron chi connectivity index (χ2n) is 13.1. The summed E-state index contributed by atoms with van der Waals surface area (Å²) in [5, 5.41) is 60.1. The highest BCUT2D eigenvalue weighted by Gasteiger charge is 2.76. The number of fused-ring (bicyclic) bond motifs is 3. The summed E-state index contributed by atoms with van der Waals surface area (Å²) < 4.78 is 33.8. The fourth-order valence-electron chi connectivity index (χ4n) is 6.38. The molecule has 14 heteroatoms. The van der Waals surface area contributed by atoms with Gasteiger partial charge in [0.25, 0.3) is 0 Å². The zero-order valence-electron chi connectivity index (χ0n) is 28.3. The molecule has 3 aliphatic heterocycles. The summed E-state index contributed by atoms with van der Waals surface area (Å²) in [5.74, 6) is -2.13. The number of hydrogen-bond donors (Lipinski definition) is 6. The Morgan fingerprint density at radius 3 is 2.06 bits per heavy atom. The molecule has 2 saturated heterocycles. The van der Waals surface area contributed by atoms with Gasteiger partial charge in [-0.15, -0.1) is 0 Å². The third kappa shape index (κ3) is 9.25. The molecular weight excluding hydrogens is 644 g/mol. The van der Waals surface area contributed by atoms with Crippen LogP contribution in [0.25, 0.3) is 0 Å². The van der Waals surface area contributed by atoms with Gasteiger partial charge in [0, 0.05) is 17.1 Å². The molecule has 0 bridgehead atoms. The largest absolute Gasteiger partial charge is 0.472 e. The van der Waals surface area contributed by atoms with Crippen LogP contribution in [0.15, 0.2) is 58.9 Å². The first-order chi connectivity index (χ1) is 23.3. The average molecular weight is 695 g/mol. The van der Waals surface area contributed by atoms with Crippen molar-refractivity contribution in [2.24, 2.45) is 11.8 Å². The molecule has 4 aliphatic rings. The first kappa shape index (κ1) is 38.9. The van der Waals surface area contributed by atoms with E-state index in [1.54, 1.807) is 32.1 Å². The molecular formula is C35H50O14. The highest BCUT2D eigenvalue weighted by Crippen LogP contribution is 2.60. The van der Waals surface area contributed by atoms with E-state index in [1.807, 2.05) is 26.0 Å². The van der Waals surface area contributed by atoms with E-state index in [9.17, 15) is 35.1 Å². The minimum Gasteiger partial charge on any atom is -0.472 e. The van der Waals surface area contributed by atoms with Crippen molar-refractivity contribution in [1.82, 2.24) is 0 Å². The Labute approximate surface area is 285 Å². The molecule has 11 atom stereocenters. The van der Waals surface area contributed by atoms with Crippen molar-refractivity contribution in [3.63, 3.8) is 0 Å². The van der Waals surface area contributed by atoms with E-state index in [4.69, 9.17) is 33.5 Å². The smallest absolute Gasteiger partial charge is 0.333 e. The van der Waals surface area contributed by atoms with Gasteiger partial charge >= 0.3 is 11.9 Å². The van der Waals surface area contributed by atoms with Crippen molar-refractivity contribution in [2.45, 2.75) is 108 Å². The molecule has 1 aliphatic carbocycles. The highest BCUT2D eigenvalue weighted by atomic mass is 16.8. The van der Waals surface area contributed by atoms with Crippen molar-refractivity contribution in [2.75, 3.05) is 26.4 Å². The molecule has 11 unspecified atom stereocenters. The lowest BCUT2D eigenvalue weighted by Crippen LogP contribution is -2.60. The van der Waals surface area contributed by atoms with Crippen LogP contribution < -0.4 is 0 Å².